The van der Waals surface area contributed by atoms with E-state index in [1.165, 1.54) is 37.1 Å². The van der Waals surface area contributed by atoms with E-state index in [-0.39, 0.29) is 0 Å². The molecule has 4 rings (SSSR count). The Morgan fingerprint density at radius 2 is 2.00 bits per heavy atom. The normalized spacial score (nSPS) is 17.6. The van der Waals surface area contributed by atoms with Crippen molar-refractivity contribution in [2.45, 2.75) is 51.4 Å². The smallest absolute Gasteiger partial charge is 0.146 e. The first-order chi connectivity index (χ1) is 10.3. The van der Waals surface area contributed by atoms with Gasteiger partial charge in [-0.2, -0.15) is 0 Å². The first-order valence-electron chi connectivity index (χ1n) is 7.89. The first kappa shape index (κ1) is 12.8. The molecule has 5 nitrogen and oxygen atoms in total. The average molecular weight is 283 g/mol. The Labute approximate surface area is 124 Å². The molecule has 0 radical (unpaired) electrons. The summed E-state index contributed by atoms with van der Waals surface area (Å²) in [6.45, 7) is 2.09. The highest BCUT2D eigenvalue weighted by molar-refractivity contribution is 5.52. The first-order valence-corrected chi connectivity index (χ1v) is 7.89. The van der Waals surface area contributed by atoms with Crippen LogP contribution in [0.4, 0.5) is 5.82 Å². The van der Waals surface area contributed by atoms with E-state index in [4.69, 9.17) is 4.98 Å². The number of imidazole rings is 1. The number of aromatic nitrogens is 4. The van der Waals surface area contributed by atoms with Crippen LogP contribution in [0.25, 0.3) is 5.82 Å². The Morgan fingerprint density at radius 1 is 1.19 bits per heavy atom. The number of fused-ring (bicyclic) bond motifs is 1. The lowest BCUT2D eigenvalue weighted by molar-refractivity contribution is 0.652. The number of anilines is 1. The van der Waals surface area contributed by atoms with Crippen LogP contribution in [-0.4, -0.2) is 26.6 Å². The van der Waals surface area contributed by atoms with Crippen molar-refractivity contribution in [2.24, 2.45) is 0 Å². The van der Waals surface area contributed by atoms with Crippen molar-refractivity contribution in [3.05, 3.63) is 29.1 Å². The number of hydrogen-bond donors (Lipinski definition) is 1. The fourth-order valence-electron chi connectivity index (χ4n) is 3.18. The highest BCUT2D eigenvalue weighted by atomic mass is 15.2. The Bertz CT molecular complexity index is 684. The van der Waals surface area contributed by atoms with E-state index in [1.54, 1.807) is 0 Å². The molecule has 0 aromatic carbocycles. The second kappa shape index (κ2) is 4.83. The fourth-order valence-corrected chi connectivity index (χ4v) is 3.18. The second-order valence-corrected chi connectivity index (χ2v) is 6.12. The molecule has 2 aromatic heterocycles. The number of aryl methyl sites for hydroxylation is 1. The molecule has 2 aliphatic rings. The van der Waals surface area contributed by atoms with Crippen molar-refractivity contribution >= 4 is 5.82 Å². The molecular weight excluding hydrogens is 262 g/mol. The lowest BCUT2D eigenvalue weighted by Crippen LogP contribution is -2.12. The molecule has 0 saturated heterocycles. The SMILES string of the molecule is CNc1nc(C2CC2)nc(-n2cnc3c2CCCC3)c1C. The molecule has 0 spiro atoms. The van der Waals surface area contributed by atoms with E-state index in [1.807, 2.05) is 13.4 Å². The number of rotatable bonds is 3. The largest absolute Gasteiger partial charge is 0.373 e. The zero-order valence-corrected chi connectivity index (χ0v) is 12.7. The van der Waals surface area contributed by atoms with Crippen LogP contribution in [0.15, 0.2) is 6.33 Å². The van der Waals surface area contributed by atoms with Gasteiger partial charge in [-0.3, -0.25) is 4.57 Å². The Hall–Kier alpha value is -1.91. The van der Waals surface area contributed by atoms with Gasteiger partial charge in [0.25, 0.3) is 0 Å². The van der Waals surface area contributed by atoms with Crippen LogP contribution in [-0.2, 0) is 12.8 Å². The third-order valence-corrected chi connectivity index (χ3v) is 4.58. The molecule has 1 fully saturated rings. The average Bonchev–Trinajstić information content (AvgIpc) is 3.27. The monoisotopic (exact) mass is 283 g/mol. The maximum absolute atomic E-state index is 4.87. The molecule has 1 saturated carbocycles. The highest BCUT2D eigenvalue weighted by Crippen LogP contribution is 2.39. The summed E-state index contributed by atoms with van der Waals surface area (Å²) < 4.78 is 2.19. The molecule has 0 bridgehead atoms. The van der Waals surface area contributed by atoms with Gasteiger partial charge < -0.3 is 5.32 Å². The summed E-state index contributed by atoms with van der Waals surface area (Å²) in [6.07, 6.45) is 9.08. The minimum atomic E-state index is 0.552. The fraction of sp³-hybridized carbons (Fsp3) is 0.562. The third kappa shape index (κ3) is 2.11. The van der Waals surface area contributed by atoms with Crippen LogP contribution in [0.5, 0.6) is 0 Å². The van der Waals surface area contributed by atoms with Gasteiger partial charge in [-0.15, -0.1) is 0 Å². The van der Waals surface area contributed by atoms with Gasteiger partial charge >= 0.3 is 0 Å². The maximum atomic E-state index is 4.87. The van der Waals surface area contributed by atoms with E-state index in [0.717, 1.165) is 35.9 Å². The molecule has 2 heterocycles. The van der Waals surface area contributed by atoms with Gasteiger partial charge in [-0.1, -0.05) is 0 Å². The van der Waals surface area contributed by atoms with E-state index in [0.29, 0.717) is 5.92 Å². The Balaban J connectivity index is 1.87. The van der Waals surface area contributed by atoms with E-state index in [2.05, 4.69) is 26.8 Å². The van der Waals surface area contributed by atoms with Gasteiger partial charge in [0, 0.05) is 24.2 Å². The second-order valence-electron chi connectivity index (χ2n) is 6.12. The van der Waals surface area contributed by atoms with E-state index >= 15 is 0 Å². The minimum Gasteiger partial charge on any atom is -0.373 e. The molecule has 2 aromatic rings. The third-order valence-electron chi connectivity index (χ3n) is 4.58. The molecular formula is C16H21N5. The quantitative estimate of drug-likeness (QED) is 0.941. The number of nitrogens with zero attached hydrogens (tertiary/aromatic N) is 4. The molecule has 0 aliphatic heterocycles. The minimum absolute atomic E-state index is 0.552. The van der Waals surface area contributed by atoms with Gasteiger partial charge in [0.15, 0.2) is 0 Å². The highest BCUT2D eigenvalue weighted by Gasteiger charge is 2.29. The molecule has 0 atom stereocenters. The summed E-state index contributed by atoms with van der Waals surface area (Å²) in [5.74, 6) is 3.49. The van der Waals surface area contributed by atoms with Gasteiger partial charge in [-0.25, -0.2) is 15.0 Å². The molecule has 0 unspecified atom stereocenters. The molecule has 110 valence electrons. The van der Waals surface area contributed by atoms with Crippen molar-refractivity contribution < 1.29 is 0 Å². The molecule has 2 aliphatic carbocycles. The summed E-state index contributed by atoms with van der Waals surface area (Å²) in [4.78, 5) is 14.1. The predicted octanol–water partition coefficient (Wildman–Crippen LogP) is 2.77. The van der Waals surface area contributed by atoms with Gasteiger partial charge in [-0.05, 0) is 45.4 Å². The van der Waals surface area contributed by atoms with Crippen LogP contribution in [0.2, 0.25) is 0 Å². The van der Waals surface area contributed by atoms with Crippen LogP contribution < -0.4 is 5.32 Å². The summed E-state index contributed by atoms with van der Waals surface area (Å²) in [5.41, 5.74) is 3.69. The zero-order chi connectivity index (χ0) is 14.4. The van der Waals surface area contributed by atoms with Gasteiger partial charge in [0.05, 0.1) is 5.69 Å². The summed E-state index contributed by atoms with van der Waals surface area (Å²) in [5, 5.41) is 3.22. The van der Waals surface area contributed by atoms with Crippen LogP contribution >= 0.6 is 0 Å². The van der Waals surface area contributed by atoms with Crippen molar-refractivity contribution in [1.29, 1.82) is 0 Å². The van der Waals surface area contributed by atoms with Crippen LogP contribution in [0.1, 0.15) is 54.4 Å². The van der Waals surface area contributed by atoms with Crippen molar-refractivity contribution in [2.75, 3.05) is 12.4 Å². The van der Waals surface area contributed by atoms with E-state index in [9.17, 15) is 0 Å². The lowest BCUT2D eigenvalue weighted by Gasteiger charge is -2.17. The predicted molar refractivity (Wildman–Crippen MR) is 82.1 cm³/mol. The standard InChI is InChI=1S/C16H21N5/c1-10-14(17-2)19-15(11-7-8-11)20-16(10)21-9-18-12-5-3-4-6-13(12)21/h9,11H,3-8H2,1-2H3,(H,17,19,20). The molecule has 1 N–H and O–H groups in total. The maximum Gasteiger partial charge on any atom is 0.146 e. The van der Waals surface area contributed by atoms with Crippen molar-refractivity contribution in [1.82, 2.24) is 19.5 Å². The zero-order valence-electron chi connectivity index (χ0n) is 12.7. The van der Waals surface area contributed by atoms with Crippen LogP contribution in [0, 0.1) is 6.92 Å². The van der Waals surface area contributed by atoms with Crippen molar-refractivity contribution in [3.8, 4) is 5.82 Å². The lowest BCUT2D eigenvalue weighted by atomic mass is 10.0. The Morgan fingerprint density at radius 3 is 2.76 bits per heavy atom. The molecule has 21 heavy (non-hydrogen) atoms. The summed E-state index contributed by atoms with van der Waals surface area (Å²) >= 11 is 0. The topological polar surface area (TPSA) is 55.6 Å². The molecule has 5 heteroatoms. The summed E-state index contributed by atoms with van der Waals surface area (Å²) in [7, 11) is 1.93. The number of hydrogen-bond acceptors (Lipinski definition) is 4. The summed E-state index contributed by atoms with van der Waals surface area (Å²) in [6, 6.07) is 0. The number of nitrogens with one attached hydrogen (secondary N) is 1. The Kier molecular flexibility index (Phi) is 2.94. The van der Waals surface area contributed by atoms with Gasteiger partial charge in [0.1, 0.15) is 23.8 Å². The van der Waals surface area contributed by atoms with Crippen LogP contribution in [0.3, 0.4) is 0 Å². The van der Waals surface area contributed by atoms with Crippen molar-refractivity contribution in [3.63, 3.8) is 0 Å². The van der Waals surface area contributed by atoms with Gasteiger partial charge in [0.2, 0.25) is 0 Å². The molecule has 0 amide bonds. The van der Waals surface area contributed by atoms with E-state index < -0.39 is 0 Å².